The lowest BCUT2D eigenvalue weighted by Gasteiger charge is -1.70. The summed E-state index contributed by atoms with van der Waals surface area (Å²) >= 11 is 4.76. The monoisotopic (exact) mass is 142 g/mol. The van der Waals surface area contributed by atoms with Gasteiger partial charge in [-0.15, -0.1) is 0 Å². The first-order valence-electron chi connectivity index (χ1n) is 1.41. The average Bonchev–Trinajstić information content (AvgIpc) is 1.69. The first kappa shape index (κ1) is 10.3. The maximum atomic E-state index is 10.0. The Bertz CT molecular complexity index is 74.9. The van der Waals surface area contributed by atoms with Crippen LogP contribution in [0.1, 0.15) is 0 Å². The van der Waals surface area contributed by atoms with Crippen LogP contribution in [0.5, 0.6) is 0 Å². The number of hydrogen-bond acceptors (Lipinski definition) is 2. The summed E-state index contributed by atoms with van der Waals surface area (Å²) in [5.74, 6) is 0. The number of carbonyl (C=O) groups is 1. The second-order valence-electron chi connectivity index (χ2n) is 0.497. The number of halogens is 2. The predicted octanol–water partition coefficient (Wildman–Crippen LogP) is 1.93. The molecule has 5 heteroatoms. The van der Waals surface area contributed by atoms with Gasteiger partial charge in [0.05, 0.1) is 0 Å². The highest BCUT2D eigenvalue weighted by Crippen LogP contribution is 1.69. The fourth-order valence-corrected chi connectivity index (χ4v) is 0. The smallest absolute Gasteiger partial charge is 0.448 e. The van der Waals surface area contributed by atoms with Crippen molar-refractivity contribution >= 4 is 17.8 Å². The van der Waals surface area contributed by atoms with Crippen molar-refractivity contribution in [3.63, 3.8) is 0 Å². The van der Waals surface area contributed by atoms with Crippen LogP contribution >= 0.6 is 11.6 Å². The molecule has 0 aromatic rings. The van der Waals surface area contributed by atoms with Crippen molar-refractivity contribution < 1.29 is 19.4 Å². The van der Waals surface area contributed by atoms with Crippen molar-refractivity contribution in [2.45, 2.75) is 0 Å². The second-order valence-corrected chi connectivity index (χ2v) is 0.806. The largest absolute Gasteiger partial charge is 0.542 e. The van der Waals surface area contributed by atoms with Crippen LogP contribution in [-0.4, -0.2) is 11.3 Å². The lowest BCUT2D eigenvalue weighted by molar-refractivity contribution is -0.0884. The molecule has 0 atom stereocenters. The molecule has 0 saturated carbocycles. The van der Waals surface area contributed by atoms with E-state index >= 15 is 0 Å². The fraction of sp³-hybridized carbons (Fsp3) is 0. The van der Waals surface area contributed by atoms with E-state index in [1.54, 1.807) is 0 Å². The quantitative estimate of drug-likeness (QED) is 0.562. The third kappa shape index (κ3) is 61.9. The Kier molecular flexibility index (Phi) is 12.2. The summed E-state index contributed by atoms with van der Waals surface area (Å²) < 4.78 is 10.0. The normalized spacial score (nSPS) is 5.75. The van der Waals surface area contributed by atoms with Gasteiger partial charge in [0.1, 0.15) is 0 Å². The molecule has 0 heterocycles. The van der Waals surface area contributed by atoms with E-state index in [-0.39, 0.29) is 0 Å². The summed E-state index contributed by atoms with van der Waals surface area (Å²) in [6.07, 6.45) is -1.91. The second kappa shape index (κ2) is 9.52. The third-order valence-electron chi connectivity index (χ3n) is 0.0660. The Morgan fingerprint density at radius 3 is 2.12 bits per heavy atom. The van der Waals surface area contributed by atoms with Crippen molar-refractivity contribution in [1.29, 1.82) is 0 Å². The minimum absolute atomic E-state index is 1.22. The van der Waals surface area contributed by atoms with Gasteiger partial charge in [-0.1, -0.05) is 18.2 Å². The van der Waals surface area contributed by atoms with E-state index in [9.17, 15) is 4.53 Å². The van der Waals surface area contributed by atoms with E-state index in [2.05, 4.69) is 11.5 Å². The topological polar surface area (TPSA) is 46.5 Å². The molecule has 0 rings (SSSR count). The Labute approximate surface area is 50.2 Å². The molecule has 0 fully saturated rings. The molecule has 8 heavy (non-hydrogen) atoms. The van der Waals surface area contributed by atoms with Crippen molar-refractivity contribution in [1.82, 2.24) is 0 Å². The van der Waals surface area contributed by atoms with Gasteiger partial charge in [-0.2, -0.15) is 0 Å². The molecule has 3 nitrogen and oxygen atoms in total. The van der Waals surface area contributed by atoms with Gasteiger partial charge in [-0.25, -0.2) is 9.74 Å². The summed E-state index contributed by atoms with van der Waals surface area (Å²) in [5.41, 5.74) is 1.22. The van der Waals surface area contributed by atoms with Crippen LogP contribution in [-0.2, 0) is 4.94 Å². The van der Waals surface area contributed by atoms with Gasteiger partial charge >= 0.3 is 6.16 Å². The van der Waals surface area contributed by atoms with Crippen molar-refractivity contribution in [2.75, 3.05) is 0 Å². The molecular weight excluding hydrogens is 138 g/mol. The number of hydrogen-bond donors (Lipinski definition) is 1. The van der Waals surface area contributed by atoms with Crippen LogP contribution in [0.25, 0.3) is 0 Å². The minimum atomic E-state index is -1.91. The maximum Gasteiger partial charge on any atom is 0.542 e. The molecule has 0 unspecified atom stereocenters. The zero-order valence-electron chi connectivity index (χ0n) is 3.80. The van der Waals surface area contributed by atoms with Crippen LogP contribution in [0.2, 0.25) is 0 Å². The van der Waals surface area contributed by atoms with E-state index in [4.69, 9.17) is 21.5 Å². The van der Waals surface area contributed by atoms with Gasteiger partial charge in [-0.3, -0.25) is 0 Å². The van der Waals surface area contributed by atoms with Crippen LogP contribution in [0, 0.1) is 0 Å². The molecule has 1 N–H and O–H groups in total. The summed E-state index contributed by atoms with van der Waals surface area (Å²) in [6.45, 7) is 3.13. The van der Waals surface area contributed by atoms with Gasteiger partial charge in [0.2, 0.25) is 0 Å². The van der Waals surface area contributed by atoms with E-state index in [1.807, 2.05) is 0 Å². The maximum absolute atomic E-state index is 10.0. The molecule has 0 aliphatic heterocycles. The van der Waals surface area contributed by atoms with E-state index in [0.717, 1.165) is 0 Å². The van der Waals surface area contributed by atoms with Crippen molar-refractivity contribution in [3.8, 4) is 0 Å². The molecule has 0 spiro atoms. The van der Waals surface area contributed by atoms with Gasteiger partial charge in [0, 0.05) is 4.53 Å². The molecular formula is C3H4ClFO3. The van der Waals surface area contributed by atoms with Gasteiger partial charge in [-0.05, 0) is 5.54 Å². The molecule has 0 aromatic heterocycles. The zero-order valence-corrected chi connectivity index (χ0v) is 4.56. The van der Waals surface area contributed by atoms with Crippen molar-refractivity contribution in [3.05, 3.63) is 12.1 Å². The van der Waals surface area contributed by atoms with Crippen LogP contribution in [0.3, 0.4) is 0 Å². The van der Waals surface area contributed by atoms with Crippen LogP contribution in [0.4, 0.5) is 9.32 Å². The molecule has 0 bridgehead atoms. The molecule has 0 amide bonds. The third-order valence-corrected chi connectivity index (χ3v) is 0.0660. The number of rotatable bonds is 0. The first-order valence-corrected chi connectivity index (χ1v) is 1.85. The van der Waals surface area contributed by atoms with Crippen molar-refractivity contribution in [2.24, 2.45) is 0 Å². The Morgan fingerprint density at radius 1 is 2.00 bits per heavy atom. The van der Waals surface area contributed by atoms with Crippen LogP contribution < -0.4 is 0 Å². The van der Waals surface area contributed by atoms with E-state index in [0.29, 0.717) is 0 Å². The first-order chi connectivity index (χ1) is 3.68. The molecule has 48 valence electrons. The summed E-state index contributed by atoms with van der Waals surface area (Å²) in [6, 6.07) is 0. The lowest BCUT2D eigenvalue weighted by Crippen LogP contribution is -1.86. The van der Waals surface area contributed by atoms with Crippen LogP contribution in [0.15, 0.2) is 12.1 Å². The standard InChI is InChI=1S/C2H3Cl.CHFO3/c1-2-3;2-5-1(3)4/h2H,1H2;(H,3,4). The van der Waals surface area contributed by atoms with Gasteiger partial charge < -0.3 is 5.11 Å². The highest BCUT2D eigenvalue weighted by molar-refractivity contribution is 6.25. The summed E-state index contributed by atoms with van der Waals surface area (Å²) in [5, 5.41) is 7.12. The molecule has 0 aliphatic carbocycles. The minimum Gasteiger partial charge on any atom is -0.448 e. The summed E-state index contributed by atoms with van der Waals surface area (Å²) in [4.78, 5) is 10.9. The fourth-order valence-electron chi connectivity index (χ4n) is 0. The van der Waals surface area contributed by atoms with Gasteiger partial charge in [0.15, 0.2) is 0 Å². The predicted molar refractivity (Wildman–Crippen MR) is 26.3 cm³/mol. The van der Waals surface area contributed by atoms with Gasteiger partial charge in [0.25, 0.3) is 0 Å². The van der Waals surface area contributed by atoms with E-state index < -0.39 is 6.16 Å². The molecule has 0 aromatic carbocycles. The Morgan fingerprint density at radius 2 is 2.12 bits per heavy atom. The summed E-state index contributed by atoms with van der Waals surface area (Å²) in [7, 11) is 0. The SMILES string of the molecule is C=CCl.O=C(O)OF. The lowest BCUT2D eigenvalue weighted by atomic mass is 11.3. The molecule has 0 radical (unpaired) electrons. The highest BCUT2D eigenvalue weighted by atomic mass is 35.5. The molecule has 0 saturated heterocycles. The average molecular weight is 143 g/mol. The number of carboxylic acid groups (broad SMARTS) is 1. The Balaban J connectivity index is 0. The highest BCUT2D eigenvalue weighted by Gasteiger charge is 1.87. The van der Waals surface area contributed by atoms with E-state index in [1.165, 1.54) is 5.54 Å². The Hall–Kier alpha value is -0.770. The molecule has 0 aliphatic rings. The zero-order chi connectivity index (χ0) is 6.99.